The molecule has 0 saturated carbocycles. The Kier molecular flexibility index (Phi) is 5.49. The highest BCUT2D eigenvalue weighted by Gasteiger charge is 2.16. The summed E-state index contributed by atoms with van der Waals surface area (Å²) in [7, 11) is 1.73. The van der Waals surface area contributed by atoms with Crippen LogP contribution >= 0.6 is 0 Å². The third-order valence-corrected chi connectivity index (χ3v) is 3.01. The van der Waals surface area contributed by atoms with Crippen molar-refractivity contribution in [1.82, 2.24) is 0 Å². The van der Waals surface area contributed by atoms with Crippen molar-refractivity contribution < 1.29 is 4.74 Å². The summed E-state index contributed by atoms with van der Waals surface area (Å²) in [5.41, 5.74) is 2.40. The number of hydrogen-bond donors (Lipinski definition) is 1. The molecule has 0 aliphatic carbocycles. The zero-order chi connectivity index (χ0) is 12.8. The summed E-state index contributed by atoms with van der Waals surface area (Å²) in [6.07, 6.45) is 0. The highest BCUT2D eigenvalue weighted by Crippen LogP contribution is 2.19. The van der Waals surface area contributed by atoms with Crippen LogP contribution in [0, 0.1) is 11.8 Å². The monoisotopic (exact) mass is 235 g/mol. The van der Waals surface area contributed by atoms with E-state index in [1.807, 2.05) is 0 Å². The third-order valence-electron chi connectivity index (χ3n) is 3.01. The number of benzene rings is 1. The van der Waals surface area contributed by atoms with Gasteiger partial charge in [0.2, 0.25) is 0 Å². The molecule has 2 heteroatoms. The fourth-order valence-corrected chi connectivity index (χ4v) is 2.21. The molecule has 0 unspecified atom stereocenters. The molecule has 96 valence electrons. The molecule has 1 N–H and O–H groups in total. The molecule has 0 aliphatic heterocycles. The first-order chi connectivity index (χ1) is 8.04. The van der Waals surface area contributed by atoms with Crippen LogP contribution in [0.5, 0.6) is 0 Å². The molecular weight excluding hydrogens is 210 g/mol. The summed E-state index contributed by atoms with van der Waals surface area (Å²) < 4.78 is 5.15. The summed E-state index contributed by atoms with van der Waals surface area (Å²) in [6.45, 7) is 9.71. The van der Waals surface area contributed by atoms with Gasteiger partial charge in [-0.05, 0) is 29.5 Å². The molecule has 1 aromatic carbocycles. The summed E-state index contributed by atoms with van der Waals surface area (Å²) >= 11 is 0. The van der Waals surface area contributed by atoms with Crippen LogP contribution in [-0.4, -0.2) is 13.2 Å². The van der Waals surface area contributed by atoms with Crippen molar-refractivity contribution in [2.45, 2.75) is 40.3 Å². The van der Waals surface area contributed by atoms with E-state index < -0.39 is 0 Å². The molecule has 2 nitrogen and oxygen atoms in total. The first-order valence-corrected chi connectivity index (χ1v) is 6.39. The van der Waals surface area contributed by atoms with Gasteiger partial charge in [0.15, 0.2) is 0 Å². The van der Waals surface area contributed by atoms with Gasteiger partial charge in [-0.1, -0.05) is 39.8 Å². The van der Waals surface area contributed by atoms with Crippen molar-refractivity contribution in [3.05, 3.63) is 29.8 Å². The quantitative estimate of drug-likeness (QED) is 0.806. The smallest absolute Gasteiger partial charge is 0.0713 e. The number of nitrogens with one attached hydrogen (secondary N) is 1. The van der Waals surface area contributed by atoms with Gasteiger partial charge in [0.1, 0.15) is 0 Å². The number of anilines is 1. The SMILES string of the molecule is COCc1cccc(NC(C(C)C)C(C)C)c1. The average molecular weight is 235 g/mol. The van der Waals surface area contributed by atoms with Gasteiger partial charge < -0.3 is 10.1 Å². The largest absolute Gasteiger partial charge is 0.382 e. The Morgan fingerprint density at radius 2 is 1.76 bits per heavy atom. The summed E-state index contributed by atoms with van der Waals surface area (Å²) in [5.74, 6) is 1.25. The zero-order valence-corrected chi connectivity index (χ0v) is 11.7. The molecule has 17 heavy (non-hydrogen) atoms. The van der Waals surface area contributed by atoms with Crippen LogP contribution in [0.3, 0.4) is 0 Å². The summed E-state index contributed by atoms with van der Waals surface area (Å²) in [6, 6.07) is 8.97. The van der Waals surface area contributed by atoms with Crippen molar-refractivity contribution in [1.29, 1.82) is 0 Å². The normalized spacial score (nSPS) is 11.5. The maximum Gasteiger partial charge on any atom is 0.0713 e. The van der Waals surface area contributed by atoms with Gasteiger partial charge in [0.25, 0.3) is 0 Å². The molecule has 0 bridgehead atoms. The van der Waals surface area contributed by atoms with Crippen LogP contribution in [0.25, 0.3) is 0 Å². The van der Waals surface area contributed by atoms with E-state index in [9.17, 15) is 0 Å². The van der Waals surface area contributed by atoms with Crippen molar-refractivity contribution in [2.24, 2.45) is 11.8 Å². The van der Waals surface area contributed by atoms with Crippen LogP contribution < -0.4 is 5.32 Å². The van der Waals surface area contributed by atoms with Gasteiger partial charge in [-0.2, -0.15) is 0 Å². The standard InChI is InChI=1S/C15H25NO/c1-11(2)15(12(3)4)16-14-8-6-7-13(9-14)10-17-5/h6-9,11-12,15-16H,10H2,1-5H3. The number of hydrogen-bond acceptors (Lipinski definition) is 2. The second-order valence-electron chi connectivity index (χ2n) is 5.29. The van der Waals surface area contributed by atoms with Crippen LogP contribution in [0.4, 0.5) is 5.69 Å². The number of rotatable bonds is 6. The molecule has 1 rings (SSSR count). The lowest BCUT2D eigenvalue weighted by Gasteiger charge is -2.27. The molecule has 0 spiro atoms. The van der Waals surface area contributed by atoms with E-state index in [0.29, 0.717) is 24.5 Å². The van der Waals surface area contributed by atoms with E-state index in [-0.39, 0.29) is 0 Å². The molecule has 0 heterocycles. The Hall–Kier alpha value is -1.02. The maximum absolute atomic E-state index is 5.15. The lowest BCUT2D eigenvalue weighted by atomic mass is 9.93. The number of methoxy groups -OCH3 is 1. The minimum atomic E-state index is 0.507. The lowest BCUT2D eigenvalue weighted by molar-refractivity contribution is 0.185. The third kappa shape index (κ3) is 4.39. The van der Waals surface area contributed by atoms with Gasteiger partial charge in [-0.15, -0.1) is 0 Å². The molecule has 0 atom stereocenters. The van der Waals surface area contributed by atoms with E-state index >= 15 is 0 Å². The molecule has 0 aromatic heterocycles. The molecular formula is C15H25NO. The van der Waals surface area contributed by atoms with E-state index in [0.717, 1.165) is 0 Å². The average Bonchev–Trinajstić information content (AvgIpc) is 2.26. The second kappa shape index (κ2) is 6.65. The minimum Gasteiger partial charge on any atom is -0.382 e. The van der Waals surface area contributed by atoms with Gasteiger partial charge in [-0.3, -0.25) is 0 Å². The highest BCUT2D eigenvalue weighted by atomic mass is 16.5. The van der Waals surface area contributed by atoms with Crippen molar-refractivity contribution in [3.63, 3.8) is 0 Å². The topological polar surface area (TPSA) is 21.3 Å². The van der Waals surface area contributed by atoms with Crippen molar-refractivity contribution >= 4 is 5.69 Å². The summed E-state index contributed by atoms with van der Waals surface area (Å²) in [4.78, 5) is 0. The van der Waals surface area contributed by atoms with Crippen LogP contribution in [-0.2, 0) is 11.3 Å². The first-order valence-electron chi connectivity index (χ1n) is 6.39. The van der Waals surface area contributed by atoms with E-state index in [4.69, 9.17) is 4.74 Å². The van der Waals surface area contributed by atoms with E-state index in [2.05, 4.69) is 57.3 Å². The van der Waals surface area contributed by atoms with E-state index in [1.54, 1.807) is 7.11 Å². The first kappa shape index (κ1) is 14.0. The molecule has 0 saturated heterocycles. The van der Waals surface area contributed by atoms with E-state index in [1.165, 1.54) is 11.3 Å². The van der Waals surface area contributed by atoms with Crippen molar-refractivity contribution in [3.8, 4) is 0 Å². The lowest BCUT2D eigenvalue weighted by Crippen LogP contribution is -2.31. The van der Waals surface area contributed by atoms with Crippen molar-refractivity contribution in [2.75, 3.05) is 12.4 Å². The molecule has 0 radical (unpaired) electrons. The van der Waals surface area contributed by atoms with Crippen LogP contribution in [0.15, 0.2) is 24.3 Å². The molecule has 0 fully saturated rings. The number of ether oxygens (including phenoxy) is 1. The van der Waals surface area contributed by atoms with Crippen LogP contribution in [0.1, 0.15) is 33.3 Å². The molecule has 0 amide bonds. The molecule has 1 aromatic rings. The maximum atomic E-state index is 5.15. The Bertz CT molecular complexity index is 325. The predicted octanol–water partition coefficient (Wildman–Crippen LogP) is 3.93. The minimum absolute atomic E-state index is 0.507. The fourth-order valence-electron chi connectivity index (χ4n) is 2.21. The Morgan fingerprint density at radius 3 is 2.29 bits per heavy atom. The Balaban J connectivity index is 2.75. The van der Waals surface area contributed by atoms with Gasteiger partial charge in [0.05, 0.1) is 6.61 Å². The second-order valence-corrected chi connectivity index (χ2v) is 5.29. The van der Waals surface area contributed by atoms with Crippen LogP contribution in [0.2, 0.25) is 0 Å². The fraction of sp³-hybridized carbons (Fsp3) is 0.600. The van der Waals surface area contributed by atoms with Gasteiger partial charge in [-0.25, -0.2) is 0 Å². The van der Waals surface area contributed by atoms with Gasteiger partial charge >= 0.3 is 0 Å². The zero-order valence-electron chi connectivity index (χ0n) is 11.7. The summed E-state index contributed by atoms with van der Waals surface area (Å²) in [5, 5.41) is 3.62. The highest BCUT2D eigenvalue weighted by molar-refractivity contribution is 5.46. The predicted molar refractivity (Wildman–Crippen MR) is 74.2 cm³/mol. The van der Waals surface area contributed by atoms with Gasteiger partial charge in [0, 0.05) is 18.8 Å². The molecule has 0 aliphatic rings. The Morgan fingerprint density at radius 1 is 1.12 bits per heavy atom. The Labute approximate surface area is 105 Å².